The smallest absolute Gasteiger partial charge is 0.249 e. The van der Waals surface area contributed by atoms with E-state index in [1.165, 1.54) is 0 Å². The highest BCUT2D eigenvalue weighted by atomic mass is 16.3. The second kappa shape index (κ2) is 6.67. The number of carbonyl (C=O) groups is 1. The third kappa shape index (κ3) is 3.39. The van der Waals surface area contributed by atoms with E-state index in [0.717, 1.165) is 17.0 Å². The van der Waals surface area contributed by atoms with Crippen LogP contribution in [0, 0.1) is 6.92 Å². The lowest BCUT2D eigenvalue weighted by Gasteiger charge is -2.04. The molecule has 1 aromatic carbocycles. The quantitative estimate of drug-likeness (QED) is 0.577. The number of rotatable bonds is 5. The Morgan fingerprint density at radius 3 is 2.77 bits per heavy atom. The van der Waals surface area contributed by atoms with E-state index in [1.54, 1.807) is 16.9 Å². The molecule has 26 heavy (non-hydrogen) atoms. The number of hydrogen-bond acceptors (Lipinski definition) is 5. The summed E-state index contributed by atoms with van der Waals surface area (Å²) in [6.07, 6.45) is 3.81. The van der Waals surface area contributed by atoms with Gasteiger partial charge in [0.1, 0.15) is 5.76 Å². The van der Waals surface area contributed by atoms with Gasteiger partial charge in [-0.25, -0.2) is 4.68 Å². The molecule has 4 aromatic rings. The fourth-order valence-corrected chi connectivity index (χ4v) is 2.53. The maximum Gasteiger partial charge on any atom is 0.249 e. The molecule has 0 aliphatic rings. The Hall–Kier alpha value is -3.68. The van der Waals surface area contributed by atoms with E-state index < -0.39 is 0 Å². The minimum atomic E-state index is -0.196. The van der Waals surface area contributed by atoms with Crippen molar-refractivity contribution in [3.05, 3.63) is 66.2 Å². The largest absolute Gasteiger partial charge is 0.458 e. The van der Waals surface area contributed by atoms with Gasteiger partial charge in [-0.05, 0) is 42.8 Å². The highest BCUT2D eigenvalue weighted by molar-refractivity contribution is 5.90. The zero-order valence-corrected chi connectivity index (χ0v) is 14.0. The van der Waals surface area contributed by atoms with Crippen LogP contribution < -0.4 is 5.32 Å². The first-order chi connectivity index (χ1) is 12.7. The fraction of sp³-hybridized carbons (Fsp3) is 0.111. The van der Waals surface area contributed by atoms with E-state index >= 15 is 0 Å². The summed E-state index contributed by atoms with van der Waals surface area (Å²) >= 11 is 0. The predicted molar refractivity (Wildman–Crippen MR) is 94.7 cm³/mol. The van der Waals surface area contributed by atoms with Crippen molar-refractivity contribution in [3.63, 3.8) is 0 Å². The molecule has 2 N–H and O–H groups in total. The van der Waals surface area contributed by atoms with Crippen molar-refractivity contribution < 1.29 is 9.21 Å². The maximum absolute atomic E-state index is 12.2. The first kappa shape index (κ1) is 15.8. The second-order valence-corrected chi connectivity index (χ2v) is 5.76. The van der Waals surface area contributed by atoms with Gasteiger partial charge < -0.3 is 4.42 Å². The summed E-state index contributed by atoms with van der Waals surface area (Å²) in [6, 6.07) is 13.1. The van der Waals surface area contributed by atoms with Gasteiger partial charge in [-0.1, -0.05) is 12.1 Å². The van der Waals surface area contributed by atoms with E-state index in [1.807, 2.05) is 49.5 Å². The summed E-state index contributed by atoms with van der Waals surface area (Å²) < 4.78 is 7.23. The van der Waals surface area contributed by atoms with Crippen LogP contribution in [0.15, 0.2) is 59.3 Å². The van der Waals surface area contributed by atoms with Crippen molar-refractivity contribution in [3.8, 4) is 17.3 Å². The van der Waals surface area contributed by atoms with E-state index in [0.29, 0.717) is 11.6 Å². The molecular weight excluding hydrogens is 332 g/mol. The summed E-state index contributed by atoms with van der Waals surface area (Å²) in [5, 5.41) is 13.6. The highest BCUT2D eigenvalue weighted by Crippen LogP contribution is 2.18. The monoisotopic (exact) mass is 348 g/mol. The third-order valence-corrected chi connectivity index (χ3v) is 3.78. The molecule has 0 bridgehead atoms. The average Bonchev–Trinajstić information content (AvgIpc) is 3.37. The fourth-order valence-electron chi connectivity index (χ4n) is 2.53. The number of H-pyrrole nitrogens is 1. The van der Waals surface area contributed by atoms with Gasteiger partial charge in [0.15, 0.2) is 11.6 Å². The minimum absolute atomic E-state index is 0.196. The molecule has 0 atom stereocenters. The number of aryl methyl sites for hydroxylation is 1. The molecule has 1 amide bonds. The van der Waals surface area contributed by atoms with Gasteiger partial charge in [-0.2, -0.15) is 10.1 Å². The lowest BCUT2D eigenvalue weighted by Crippen LogP contribution is -2.15. The number of hydrogen-bond donors (Lipinski definition) is 2. The maximum atomic E-state index is 12.2. The first-order valence-electron chi connectivity index (χ1n) is 8.05. The molecule has 3 aromatic heterocycles. The Morgan fingerprint density at radius 1 is 1.23 bits per heavy atom. The van der Waals surface area contributed by atoms with Crippen molar-refractivity contribution >= 4 is 11.9 Å². The normalized spacial score (nSPS) is 10.8. The van der Waals surface area contributed by atoms with Crippen LogP contribution in [0.5, 0.6) is 0 Å². The first-order valence-corrected chi connectivity index (χ1v) is 8.05. The molecule has 4 rings (SSSR count). The molecule has 0 saturated carbocycles. The van der Waals surface area contributed by atoms with E-state index in [-0.39, 0.29) is 18.3 Å². The molecule has 0 saturated heterocycles. The zero-order chi connectivity index (χ0) is 17.9. The lowest BCUT2D eigenvalue weighted by molar-refractivity contribution is -0.115. The van der Waals surface area contributed by atoms with Crippen LogP contribution in [-0.4, -0.2) is 30.9 Å². The molecule has 0 radical (unpaired) electrons. The van der Waals surface area contributed by atoms with Crippen LogP contribution in [0.1, 0.15) is 11.3 Å². The van der Waals surface area contributed by atoms with Crippen LogP contribution in [0.25, 0.3) is 17.3 Å². The molecule has 0 spiro atoms. The second-order valence-electron chi connectivity index (χ2n) is 5.76. The molecule has 0 unspecified atom stereocenters. The summed E-state index contributed by atoms with van der Waals surface area (Å²) in [6.45, 7) is 1.85. The van der Waals surface area contributed by atoms with Crippen molar-refractivity contribution in [2.45, 2.75) is 13.3 Å². The van der Waals surface area contributed by atoms with Gasteiger partial charge in [-0.15, -0.1) is 5.10 Å². The van der Waals surface area contributed by atoms with Crippen molar-refractivity contribution in [2.24, 2.45) is 0 Å². The zero-order valence-electron chi connectivity index (χ0n) is 14.0. The topological polar surface area (TPSA) is 102 Å². The molecule has 0 fully saturated rings. The summed E-state index contributed by atoms with van der Waals surface area (Å²) in [5.74, 6) is 1.84. The predicted octanol–water partition coefficient (Wildman–Crippen LogP) is 2.74. The number of amides is 1. The number of aromatic nitrogens is 5. The summed E-state index contributed by atoms with van der Waals surface area (Å²) in [5.41, 5.74) is 1.82. The number of aromatic amines is 1. The van der Waals surface area contributed by atoms with E-state index in [4.69, 9.17) is 4.42 Å². The average molecular weight is 348 g/mol. The Labute approximate surface area is 148 Å². The number of nitrogens with zero attached hydrogens (tertiary/aromatic N) is 4. The molecule has 0 aliphatic carbocycles. The van der Waals surface area contributed by atoms with Gasteiger partial charge in [0, 0.05) is 12.4 Å². The Bertz CT molecular complexity index is 1010. The van der Waals surface area contributed by atoms with Crippen molar-refractivity contribution in [1.82, 2.24) is 25.0 Å². The van der Waals surface area contributed by atoms with Crippen molar-refractivity contribution in [2.75, 3.05) is 5.32 Å². The SMILES string of the molecule is Cc1ccc(-c2nc(NC(=O)Cc3ccc(-n4cccn4)cc3)n[nH]2)o1. The van der Waals surface area contributed by atoms with Crippen LogP contribution >= 0.6 is 0 Å². The van der Waals surface area contributed by atoms with E-state index in [9.17, 15) is 4.79 Å². The van der Waals surface area contributed by atoms with Gasteiger partial charge in [0.2, 0.25) is 11.9 Å². The summed E-state index contributed by atoms with van der Waals surface area (Å²) in [7, 11) is 0. The van der Waals surface area contributed by atoms with E-state index in [2.05, 4.69) is 25.6 Å². The number of anilines is 1. The summed E-state index contributed by atoms with van der Waals surface area (Å²) in [4.78, 5) is 16.4. The Balaban J connectivity index is 1.39. The minimum Gasteiger partial charge on any atom is -0.458 e. The van der Waals surface area contributed by atoms with Crippen LogP contribution in [0.4, 0.5) is 5.95 Å². The molecule has 3 heterocycles. The number of furan rings is 1. The van der Waals surface area contributed by atoms with Crippen LogP contribution in [0.3, 0.4) is 0 Å². The number of nitrogens with one attached hydrogen (secondary N) is 2. The Morgan fingerprint density at radius 2 is 2.08 bits per heavy atom. The lowest BCUT2D eigenvalue weighted by atomic mass is 10.1. The molecular formula is C18H16N6O2. The standard InChI is InChI=1S/C18H16N6O2/c1-12-3-8-15(26-12)17-21-18(23-22-17)20-16(25)11-13-4-6-14(7-5-13)24-10-2-9-19-24/h2-10H,11H2,1H3,(H2,20,21,22,23,25). The van der Waals surface area contributed by atoms with Gasteiger partial charge in [-0.3, -0.25) is 15.2 Å². The number of carbonyl (C=O) groups excluding carboxylic acids is 1. The van der Waals surface area contributed by atoms with Crippen molar-refractivity contribution in [1.29, 1.82) is 0 Å². The van der Waals surface area contributed by atoms with Crippen LogP contribution in [-0.2, 0) is 11.2 Å². The van der Waals surface area contributed by atoms with Gasteiger partial charge >= 0.3 is 0 Å². The highest BCUT2D eigenvalue weighted by Gasteiger charge is 2.12. The van der Waals surface area contributed by atoms with Gasteiger partial charge in [0.05, 0.1) is 12.1 Å². The third-order valence-electron chi connectivity index (χ3n) is 3.78. The molecule has 8 nitrogen and oxygen atoms in total. The Kier molecular flexibility index (Phi) is 4.06. The number of benzene rings is 1. The van der Waals surface area contributed by atoms with Gasteiger partial charge in [0.25, 0.3) is 0 Å². The van der Waals surface area contributed by atoms with Crippen LogP contribution in [0.2, 0.25) is 0 Å². The molecule has 8 heteroatoms. The molecule has 0 aliphatic heterocycles. The molecule has 130 valence electrons.